The molecule has 4 rings (SSSR count). The van der Waals surface area contributed by atoms with Crippen LogP contribution in [0.25, 0.3) is 0 Å². The number of nitrogens with zero attached hydrogens (tertiary/aromatic N) is 1. The van der Waals surface area contributed by atoms with Gasteiger partial charge in [0.1, 0.15) is 5.60 Å². The van der Waals surface area contributed by atoms with Gasteiger partial charge in [-0.25, -0.2) is 0 Å². The molecule has 0 radical (unpaired) electrons. The molecule has 0 spiro atoms. The van der Waals surface area contributed by atoms with Gasteiger partial charge in [0.15, 0.2) is 0 Å². The molecule has 3 heteroatoms. The Morgan fingerprint density at radius 2 is 2.17 bits per heavy atom. The summed E-state index contributed by atoms with van der Waals surface area (Å²) in [6.45, 7) is 5.09. The van der Waals surface area contributed by atoms with Crippen LogP contribution in [0.2, 0.25) is 0 Å². The molecule has 0 aromatic heterocycles. The van der Waals surface area contributed by atoms with E-state index in [0.717, 1.165) is 24.6 Å². The molecule has 1 saturated carbocycles. The maximum atomic E-state index is 6.39. The highest BCUT2D eigenvalue weighted by atomic mass is 16.5. The van der Waals surface area contributed by atoms with Crippen molar-refractivity contribution in [3.05, 3.63) is 53.6 Å². The Morgan fingerprint density at radius 3 is 2.87 bits per heavy atom. The van der Waals surface area contributed by atoms with Gasteiger partial charge in [0, 0.05) is 18.0 Å². The van der Waals surface area contributed by atoms with Crippen molar-refractivity contribution in [2.45, 2.75) is 44.6 Å². The fourth-order valence-electron chi connectivity index (χ4n) is 3.60. The molecule has 0 amide bonds. The second-order valence-corrected chi connectivity index (χ2v) is 6.86. The highest BCUT2D eigenvalue weighted by Gasteiger charge is 2.42. The standard InChI is InChI=1S/C20H24N2O/c1-3-21-19-22-18-12-11-15(14-9-10-14)13-17(18)20(2,23-19)16-7-5-4-6-8-16/h4-7,11-14,16H,3,8-10H2,1-2H3,(H,21,22). The average Bonchev–Trinajstić information content (AvgIpc) is 3.41. The molecule has 0 bridgehead atoms. The van der Waals surface area contributed by atoms with Crippen LogP contribution in [0.1, 0.15) is 50.2 Å². The Bertz CT molecular complexity index is 700. The average molecular weight is 308 g/mol. The summed E-state index contributed by atoms with van der Waals surface area (Å²) in [5.74, 6) is 1.07. The molecular formula is C20H24N2O. The van der Waals surface area contributed by atoms with Crippen molar-refractivity contribution < 1.29 is 4.74 Å². The van der Waals surface area contributed by atoms with Crippen molar-refractivity contribution in [3.8, 4) is 0 Å². The molecule has 23 heavy (non-hydrogen) atoms. The minimum absolute atomic E-state index is 0.324. The molecule has 1 aromatic carbocycles. The van der Waals surface area contributed by atoms with E-state index in [2.05, 4.69) is 66.7 Å². The third-order valence-electron chi connectivity index (χ3n) is 5.15. The summed E-state index contributed by atoms with van der Waals surface area (Å²) in [6.07, 6.45) is 12.4. The largest absolute Gasteiger partial charge is 0.453 e. The van der Waals surface area contributed by atoms with Crippen LogP contribution >= 0.6 is 0 Å². The number of ether oxygens (including phenoxy) is 1. The van der Waals surface area contributed by atoms with Crippen LogP contribution in [0.5, 0.6) is 0 Å². The van der Waals surface area contributed by atoms with Gasteiger partial charge in [0.2, 0.25) is 0 Å². The van der Waals surface area contributed by atoms with E-state index in [0.29, 0.717) is 11.9 Å². The minimum atomic E-state index is -0.374. The molecule has 1 aromatic rings. The predicted octanol–water partition coefficient (Wildman–Crippen LogP) is 4.54. The highest BCUT2D eigenvalue weighted by molar-refractivity contribution is 5.81. The fourth-order valence-corrected chi connectivity index (χ4v) is 3.60. The zero-order valence-corrected chi connectivity index (χ0v) is 13.9. The van der Waals surface area contributed by atoms with Crippen molar-refractivity contribution in [1.82, 2.24) is 5.32 Å². The number of allylic oxidation sites excluding steroid dienone is 3. The van der Waals surface area contributed by atoms with E-state index in [1.165, 1.54) is 24.0 Å². The van der Waals surface area contributed by atoms with E-state index >= 15 is 0 Å². The lowest BCUT2D eigenvalue weighted by Crippen LogP contribution is -2.43. The minimum Gasteiger partial charge on any atom is -0.453 e. The summed E-state index contributed by atoms with van der Waals surface area (Å²) in [6, 6.07) is 7.39. The molecule has 3 aliphatic rings. The van der Waals surface area contributed by atoms with Gasteiger partial charge < -0.3 is 10.1 Å². The van der Waals surface area contributed by atoms with Crippen LogP contribution in [0, 0.1) is 5.92 Å². The van der Waals surface area contributed by atoms with Crippen LogP contribution in [0.15, 0.2) is 47.5 Å². The van der Waals surface area contributed by atoms with Gasteiger partial charge in [-0.2, -0.15) is 4.99 Å². The van der Waals surface area contributed by atoms with E-state index in [1.807, 2.05) is 0 Å². The molecule has 0 saturated heterocycles. The van der Waals surface area contributed by atoms with Crippen LogP contribution in [-0.4, -0.2) is 12.6 Å². The van der Waals surface area contributed by atoms with Gasteiger partial charge in [-0.1, -0.05) is 30.4 Å². The molecule has 1 N–H and O–H groups in total. The summed E-state index contributed by atoms with van der Waals surface area (Å²) < 4.78 is 6.39. The fraction of sp³-hybridized carbons (Fsp3) is 0.450. The summed E-state index contributed by atoms with van der Waals surface area (Å²) in [5, 5.41) is 3.26. The molecule has 120 valence electrons. The molecule has 2 unspecified atom stereocenters. The van der Waals surface area contributed by atoms with E-state index in [4.69, 9.17) is 4.74 Å². The predicted molar refractivity (Wildman–Crippen MR) is 94.0 cm³/mol. The Balaban J connectivity index is 1.79. The maximum absolute atomic E-state index is 6.39. The van der Waals surface area contributed by atoms with E-state index < -0.39 is 0 Å². The lowest BCUT2D eigenvalue weighted by molar-refractivity contribution is 0.0206. The van der Waals surface area contributed by atoms with Crippen molar-refractivity contribution in [3.63, 3.8) is 0 Å². The van der Waals surface area contributed by atoms with Gasteiger partial charge in [-0.15, -0.1) is 0 Å². The van der Waals surface area contributed by atoms with Crippen LogP contribution < -0.4 is 5.32 Å². The van der Waals surface area contributed by atoms with Crippen molar-refractivity contribution >= 4 is 11.7 Å². The zero-order valence-electron chi connectivity index (χ0n) is 13.9. The van der Waals surface area contributed by atoms with Gasteiger partial charge in [-0.05, 0) is 56.7 Å². The maximum Gasteiger partial charge on any atom is 0.290 e. The molecule has 3 nitrogen and oxygen atoms in total. The lowest BCUT2D eigenvalue weighted by atomic mass is 9.77. The number of amidine groups is 1. The number of rotatable bonds is 3. The first-order chi connectivity index (χ1) is 11.2. The number of hydrogen-bond acceptors (Lipinski definition) is 3. The first-order valence-electron chi connectivity index (χ1n) is 8.70. The van der Waals surface area contributed by atoms with Crippen LogP contribution in [0.4, 0.5) is 5.69 Å². The summed E-state index contributed by atoms with van der Waals surface area (Å²) >= 11 is 0. The molecule has 1 aliphatic heterocycles. The number of nitrogens with one attached hydrogen (secondary N) is 1. The number of benzene rings is 1. The topological polar surface area (TPSA) is 33.6 Å². The Labute approximate surface area is 138 Å². The van der Waals surface area contributed by atoms with E-state index in [-0.39, 0.29) is 5.60 Å². The zero-order chi connectivity index (χ0) is 15.9. The van der Waals surface area contributed by atoms with Crippen molar-refractivity contribution in [2.75, 3.05) is 6.54 Å². The Morgan fingerprint density at radius 1 is 1.30 bits per heavy atom. The SMILES string of the molecule is CCNC1=Nc2ccc(C3CC3)cc2C(C)(C2C=CC=CC2)O1. The smallest absolute Gasteiger partial charge is 0.290 e. The van der Waals surface area contributed by atoms with Crippen LogP contribution in [0.3, 0.4) is 0 Å². The number of aliphatic imine (C=N–C) groups is 1. The second kappa shape index (κ2) is 5.55. The molecule has 1 heterocycles. The molecule has 2 atom stereocenters. The third kappa shape index (κ3) is 2.58. The molecular weight excluding hydrogens is 284 g/mol. The quantitative estimate of drug-likeness (QED) is 0.889. The first kappa shape index (κ1) is 14.6. The monoisotopic (exact) mass is 308 g/mol. The summed E-state index contributed by atoms with van der Waals surface area (Å²) in [7, 11) is 0. The molecule has 1 fully saturated rings. The van der Waals surface area contributed by atoms with Crippen LogP contribution in [-0.2, 0) is 10.3 Å². The first-order valence-corrected chi connectivity index (χ1v) is 8.70. The van der Waals surface area contributed by atoms with E-state index in [1.54, 1.807) is 0 Å². The van der Waals surface area contributed by atoms with E-state index in [9.17, 15) is 0 Å². The third-order valence-corrected chi connectivity index (χ3v) is 5.15. The lowest BCUT2D eigenvalue weighted by Gasteiger charge is -2.40. The number of hydrogen-bond donors (Lipinski definition) is 1. The Kier molecular flexibility index (Phi) is 3.51. The second-order valence-electron chi connectivity index (χ2n) is 6.86. The van der Waals surface area contributed by atoms with Gasteiger partial charge >= 0.3 is 0 Å². The normalized spacial score (nSPS) is 28.8. The van der Waals surface area contributed by atoms with Crippen molar-refractivity contribution in [2.24, 2.45) is 10.9 Å². The van der Waals surface area contributed by atoms with Gasteiger partial charge in [0.05, 0.1) is 5.69 Å². The molecule has 2 aliphatic carbocycles. The number of fused-ring (bicyclic) bond motifs is 1. The summed E-state index contributed by atoms with van der Waals surface area (Å²) in [4.78, 5) is 4.69. The highest BCUT2D eigenvalue weighted by Crippen LogP contribution is 2.48. The van der Waals surface area contributed by atoms with Gasteiger partial charge in [0.25, 0.3) is 6.02 Å². The van der Waals surface area contributed by atoms with Gasteiger partial charge in [-0.3, -0.25) is 0 Å². The summed E-state index contributed by atoms with van der Waals surface area (Å²) in [5.41, 5.74) is 3.34. The van der Waals surface area contributed by atoms with Crippen molar-refractivity contribution in [1.29, 1.82) is 0 Å². The Hall–Kier alpha value is -2.03.